The molecule has 0 aromatic heterocycles. The van der Waals surface area contributed by atoms with Crippen LogP contribution in [-0.4, -0.2) is 74.3 Å². The maximum Gasteiger partial charge on any atom is 0.309 e. The summed E-state index contributed by atoms with van der Waals surface area (Å²) in [4.78, 5) is 38.2. The summed E-state index contributed by atoms with van der Waals surface area (Å²) >= 11 is 0. The van der Waals surface area contributed by atoms with Crippen molar-refractivity contribution in [3.05, 3.63) is 0 Å². The van der Waals surface area contributed by atoms with Crippen LogP contribution in [0.4, 0.5) is 0 Å². The Kier molecular flexibility index (Phi) is 7.74. The second-order valence-corrected chi connectivity index (χ2v) is 5.51. The molecule has 0 aromatic carbocycles. The van der Waals surface area contributed by atoms with Gasteiger partial charge in [0.25, 0.3) is 0 Å². The van der Waals surface area contributed by atoms with Crippen LogP contribution in [0.5, 0.6) is 0 Å². The van der Waals surface area contributed by atoms with Gasteiger partial charge in [0, 0.05) is 32.6 Å². The van der Waals surface area contributed by atoms with Crippen molar-refractivity contribution in [2.24, 2.45) is 0 Å². The highest BCUT2D eigenvalue weighted by Crippen LogP contribution is 2.09. The Morgan fingerprint density at radius 1 is 1.14 bits per heavy atom. The lowest BCUT2D eigenvalue weighted by atomic mass is 10.3. The molecule has 0 saturated carbocycles. The predicted molar refractivity (Wildman–Crippen MR) is 79.6 cm³/mol. The average Bonchev–Trinajstić information content (AvgIpc) is 2.84. The van der Waals surface area contributed by atoms with Crippen LogP contribution < -0.4 is 10.6 Å². The molecule has 1 rings (SSSR count). The van der Waals surface area contributed by atoms with E-state index in [1.54, 1.807) is 4.90 Å². The molecule has 1 aliphatic rings. The summed E-state index contributed by atoms with van der Waals surface area (Å²) in [6, 6.07) is 0. The Bertz CT molecular complexity index is 371. The minimum absolute atomic E-state index is 0.181. The van der Waals surface area contributed by atoms with Crippen molar-refractivity contribution in [1.82, 2.24) is 20.4 Å². The van der Waals surface area contributed by atoms with Gasteiger partial charge in [-0.2, -0.15) is 0 Å². The van der Waals surface area contributed by atoms with Crippen molar-refractivity contribution in [1.29, 1.82) is 0 Å². The summed E-state index contributed by atoms with van der Waals surface area (Å²) in [6.45, 7) is 3.22. The van der Waals surface area contributed by atoms with Gasteiger partial charge in [-0.3, -0.25) is 14.4 Å². The Morgan fingerprint density at radius 3 is 2.29 bits per heavy atom. The van der Waals surface area contributed by atoms with Gasteiger partial charge >= 0.3 is 11.8 Å². The number of likely N-dealkylation sites (tertiary alicyclic amines) is 1. The van der Waals surface area contributed by atoms with Gasteiger partial charge in [-0.1, -0.05) is 0 Å². The molecule has 0 unspecified atom stereocenters. The standard InChI is InChI=1S/C14H26N4O3/c1-17(2)9-4-7-15-13(20)14(21)16-8-5-11-18-10-3-6-12(18)19/h3-11H2,1-2H3,(H,15,20)(H,16,21). The van der Waals surface area contributed by atoms with E-state index < -0.39 is 11.8 Å². The first kappa shape index (κ1) is 17.4. The second-order valence-electron chi connectivity index (χ2n) is 5.51. The normalized spacial score (nSPS) is 14.6. The van der Waals surface area contributed by atoms with Gasteiger partial charge in [0.05, 0.1) is 0 Å². The highest BCUT2D eigenvalue weighted by atomic mass is 16.2. The molecule has 21 heavy (non-hydrogen) atoms. The van der Waals surface area contributed by atoms with E-state index in [1.807, 2.05) is 19.0 Å². The van der Waals surface area contributed by atoms with E-state index in [-0.39, 0.29) is 5.91 Å². The van der Waals surface area contributed by atoms with Crippen molar-refractivity contribution in [3.63, 3.8) is 0 Å². The molecule has 120 valence electrons. The number of carbonyl (C=O) groups is 3. The summed E-state index contributed by atoms with van der Waals surface area (Å²) < 4.78 is 0. The maximum atomic E-state index is 11.5. The molecule has 3 amide bonds. The first-order chi connectivity index (χ1) is 10.0. The molecule has 2 N–H and O–H groups in total. The lowest BCUT2D eigenvalue weighted by Crippen LogP contribution is -2.41. The van der Waals surface area contributed by atoms with Crippen LogP contribution in [0.1, 0.15) is 25.7 Å². The Hall–Kier alpha value is -1.63. The number of rotatable bonds is 8. The molecule has 1 aliphatic heterocycles. The number of hydrogen-bond donors (Lipinski definition) is 2. The van der Waals surface area contributed by atoms with Crippen molar-refractivity contribution in [2.75, 3.05) is 46.8 Å². The van der Waals surface area contributed by atoms with E-state index in [2.05, 4.69) is 10.6 Å². The van der Waals surface area contributed by atoms with Gasteiger partial charge in [-0.25, -0.2) is 0 Å². The molecule has 1 fully saturated rings. The molecule has 1 heterocycles. The molecule has 7 heteroatoms. The van der Waals surface area contributed by atoms with Crippen LogP contribution in [0.3, 0.4) is 0 Å². The number of carbonyl (C=O) groups excluding carboxylic acids is 3. The van der Waals surface area contributed by atoms with Crippen molar-refractivity contribution in [3.8, 4) is 0 Å². The predicted octanol–water partition coefficient (Wildman–Crippen LogP) is -0.817. The number of nitrogens with zero attached hydrogens (tertiary/aromatic N) is 2. The molecular formula is C14H26N4O3. The topological polar surface area (TPSA) is 81.8 Å². The largest absolute Gasteiger partial charge is 0.348 e. The maximum absolute atomic E-state index is 11.5. The fourth-order valence-corrected chi connectivity index (χ4v) is 2.17. The molecule has 7 nitrogen and oxygen atoms in total. The van der Waals surface area contributed by atoms with Crippen molar-refractivity contribution < 1.29 is 14.4 Å². The fourth-order valence-electron chi connectivity index (χ4n) is 2.17. The van der Waals surface area contributed by atoms with Crippen molar-refractivity contribution in [2.45, 2.75) is 25.7 Å². The summed E-state index contributed by atoms with van der Waals surface area (Å²) in [5.41, 5.74) is 0. The Balaban J connectivity index is 2.04. The van der Waals surface area contributed by atoms with Crippen LogP contribution in [0.2, 0.25) is 0 Å². The minimum Gasteiger partial charge on any atom is -0.348 e. The fraction of sp³-hybridized carbons (Fsp3) is 0.786. The van der Waals surface area contributed by atoms with Crippen LogP contribution in [0.25, 0.3) is 0 Å². The van der Waals surface area contributed by atoms with E-state index >= 15 is 0 Å². The van der Waals surface area contributed by atoms with Gasteiger partial charge in [-0.05, 0) is 39.9 Å². The molecular weight excluding hydrogens is 272 g/mol. The number of nitrogens with one attached hydrogen (secondary N) is 2. The molecule has 0 aromatic rings. The van der Waals surface area contributed by atoms with Crippen molar-refractivity contribution >= 4 is 17.7 Å². The smallest absolute Gasteiger partial charge is 0.309 e. The van der Waals surface area contributed by atoms with Gasteiger partial charge in [0.15, 0.2) is 0 Å². The zero-order chi connectivity index (χ0) is 15.7. The SMILES string of the molecule is CN(C)CCCNC(=O)C(=O)NCCCN1CCCC1=O. The lowest BCUT2D eigenvalue weighted by molar-refractivity contribution is -0.139. The third-order valence-electron chi connectivity index (χ3n) is 3.34. The van der Waals surface area contributed by atoms with Crippen LogP contribution in [0, 0.1) is 0 Å². The summed E-state index contributed by atoms with van der Waals surface area (Å²) in [5, 5.41) is 5.16. The lowest BCUT2D eigenvalue weighted by Gasteiger charge is -2.15. The summed E-state index contributed by atoms with van der Waals surface area (Å²) in [7, 11) is 3.92. The zero-order valence-electron chi connectivity index (χ0n) is 13.0. The van der Waals surface area contributed by atoms with Crippen LogP contribution in [-0.2, 0) is 14.4 Å². The third kappa shape index (κ3) is 7.08. The summed E-state index contributed by atoms with van der Waals surface area (Å²) in [6.07, 6.45) is 3.02. The second kappa shape index (κ2) is 9.33. The van der Waals surface area contributed by atoms with E-state index in [4.69, 9.17) is 0 Å². The first-order valence-corrected chi connectivity index (χ1v) is 7.49. The third-order valence-corrected chi connectivity index (χ3v) is 3.34. The Labute approximate surface area is 126 Å². The molecule has 1 saturated heterocycles. The average molecular weight is 298 g/mol. The first-order valence-electron chi connectivity index (χ1n) is 7.49. The monoisotopic (exact) mass is 298 g/mol. The molecule has 0 atom stereocenters. The minimum atomic E-state index is -0.604. The van der Waals surface area contributed by atoms with Gasteiger partial charge in [0.1, 0.15) is 0 Å². The van der Waals surface area contributed by atoms with E-state index in [0.29, 0.717) is 32.5 Å². The highest BCUT2D eigenvalue weighted by Gasteiger charge is 2.19. The zero-order valence-corrected chi connectivity index (χ0v) is 13.0. The van der Waals surface area contributed by atoms with Gasteiger partial charge < -0.3 is 20.4 Å². The van der Waals surface area contributed by atoms with E-state index in [0.717, 1.165) is 25.9 Å². The Morgan fingerprint density at radius 2 is 1.76 bits per heavy atom. The van der Waals surface area contributed by atoms with Gasteiger partial charge in [-0.15, -0.1) is 0 Å². The highest BCUT2D eigenvalue weighted by molar-refractivity contribution is 6.35. The number of amides is 3. The van der Waals surface area contributed by atoms with Crippen LogP contribution >= 0.6 is 0 Å². The van der Waals surface area contributed by atoms with Gasteiger partial charge in [0.2, 0.25) is 5.91 Å². The number of hydrogen-bond acceptors (Lipinski definition) is 4. The molecule has 0 aliphatic carbocycles. The molecule has 0 spiro atoms. The summed E-state index contributed by atoms with van der Waals surface area (Å²) in [5.74, 6) is -1.02. The van der Waals surface area contributed by atoms with E-state index in [1.165, 1.54) is 0 Å². The van der Waals surface area contributed by atoms with E-state index in [9.17, 15) is 14.4 Å². The molecule has 0 radical (unpaired) electrons. The van der Waals surface area contributed by atoms with Crippen LogP contribution in [0.15, 0.2) is 0 Å². The quantitative estimate of drug-likeness (QED) is 0.453. The molecule has 0 bridgehead atoms.